The predicted molar refractivity (Wildman–Crippen MR) is 84.2 cm³/mol. The van der Waals surface area contributed by atoms with Crippen LogP contribution < -0.4 is 4.72 Å². The number of carbonyl (C=O) groups is 1. The highest BCUT2D eigenvalue weighted by atomic mass is 32.2. The van der Waals surface area contributed by atoms with Crippen LogP contribution in [-0.4, -0.2) is 26.0 Å². The third-order valence-corrected chi connectivity index (χ3v) is 5.76. The van der Waals surface area contributed by atoms with E-state index in [0.29, 0.717) is 17.2 Å². The van der Waals surface area contributed by atoms with E-state index in [9.17, 15) is 13.2 Å². The largest absolute Gasteiger partial charge is 0.481 e. The molecule has 21 heavy (non-hydrogen) atoms. The molecule has 1 atom stereocenters. The number of aliphatic carboxylic acids is 1. The van der Waals surface area contributed by atoms with Crippen molar-refractivity contribution in [1.82, 2.24) is 4.72 Å². The van der Waals surface area contributed by atoms with Crippen molar-refractivity contribution in [1.29, 1.82) is 0 Å². The Morgan fingerprint density at radius 1 is 1.38 bits per heavy atom. The van der Waals surface area contributed by atoms with Crippen LogP contribution in [0.5, 0.6) is 0 Å². The smallest absolute Gasteiger partial charge is 0.303 e. The maximum atomic E-state index is 12.3. The van der Waals surface area contributed by atoms with Gasteiger partial charge in [-0.2, -0.15) is 0 Å². The molecule has 1 aromatic rings. The van der Waals surface area contributed by atoms with E-state index in [0.717, 1.165) is 9.75 Å². The molecule has 120 valence electrons. The first kappa shape index (κ1) is 18.1. The van der Waals surface area contributed by atoms with E-state index in [1.165, 1.54) is 11.3 Å². The first-order chi connectivity index (χ1) is 9.61. The number of thiophene rings is 1. The van der Waals surface area contributed by atoms with Crippen molar-refractivity contribution in [3.8, 4) is 0 Å². The number of rotatable bonds is 8. The standard InChI is InChI=1S/C14H23NO4S2/c1-9(2)5-12(7-14(16)17)8-15-21(18,19)13-6-10(3)20-11(13)4/h6,9,12,15H,5,7-8H2,1-4H3,(H,16,17)/t12-/m0/s1. The van der Waals surface area contributed by atoms with E-state index in [2.05, 4.69) is 4.72 Å². The topological polar surface area (TPSA) is 83.5 Å². The third kappa shape index (κ3) is 5.76. The van der Waals surface area contributed by atoms with Gasteiger partial charge in [0.1, 0.15) is 0 Å². The van der Waals surface area contributed by atoms with Gasteiger partial charge < -0.3 is 5.11 Å². The van der Waals surface area contributed by atoms with Gasteiger partial charge in [-0.3, -0.25) is 4.79 Å². The lowest BCUT2D eigenvalue weighted by molar-refractivity contribution is -0.138. The fraction of sp³-hybridized carbons (Fsp3) is 0.643. The Bertz CT molecular complexity index is 590. The van der Waals surface area contributed by atoms with Crippen LogP contribution in [0.2, 0.25) is 0 Å². The second kappa shape index (κ2) is 7.38. The predicted octanol–water partition coefficient (Wildman–Crippen LogP) is 2.78. The van der Waals surface area contributed by atoms with Crippen LogP contribution in [0, 0.1) is 25.7 Å². The van der Waals surface area contributed by atoms with E-state index in [-0.39, 0.29) is 18.9 Å². The Morgan fingerprint density at radius 2 is 2.00 bits per heavy atom. The van der Waals surface area contributed by atoms with Gasteiger partial charge >= 0.3 is 5.97 Å². The Balaban J connectivity index is 2.78. The maximum Gasteiger partial charge on any atom is 0.303 e. The molecule has 1 heterocycles. The fourth-order valence-corrected chi connectivity index (χ4v) is 5.00. The number of hydrogen-bond donors (Lipinski definition) is 2. The van der Waals surface area contributed by atoms with Gasteiger partial charge in [0.25, 0.3) is 0 Å². The molecular formula is C14H23NO4S2. The molecule has 0 radical (unpaired) electrons. The summed E-state index contributed by atoms with van der Waals surface area (Å²) >= 11 is 1.44. The van der Waals surface area contributed by atoms with Crippen LogP contribution in [0.4, 0.5) is 0 Å². The maximum absolute atomic E-state index is 12.3. The van der Waals surface area contributed by atoms with E-state index < -0.39 is 16.0 Å². The first-order valence-corrected chi connectivity index (χ1v) is 9.20. The van der Waals surface area contributed by atoms with Crippen molar-refractivity contribution in [3.63, 3.8) is 0 Å². The molecule has 0 unspecified atom stereocenters. The molecule has 1 rings (SSSR count). The van der Waals surface area contributed by atoms with Gasteiger partial charge in [0.15, 0.2) is 0 Å². The van der Waals surface area contributed by atoms with Gasteiger partial charge in [0.2, 0.25) is 10.0 Å². The molecule has 7 heteroatoms. The molecule has 0 fully saturated rings. The quantitative estimate of drug-likeness (QED) is 0.766. The lowest BCUT2D eigenvalue weighted by Gasteiger charge is -2.17. The molecule has 0 aromatic carbocycles. The van der Waals surface area contributed by atoms with Crippen LogP contribution in [0.25, 0.3) is 0 Å². The van der Waals surface area contributed by atoms with Crippen LogP contribution >= 0.6 is 11.3 Å². The summed E-state index contributed by atoms with van der Waals surface area (Å²) in [5.41, 5.74) is 0. The zero-order chi connectivity index (χ0) is 16.2. The van der Waals surface area contributed by atoms with Crippen molar-refractivity contribution < 1.29 is 18.3 Å². The lowest BCUT2D eigenvalue weighted by Crippen LogP contribution is -2.31. The summed E-state index contributed by atoms with van der Waals surface area (Å²) in [6.07, 6.45) is 0.652. The zero-order valence-electron chi connectivity index (χ0n) is 12.8. The van der Waals surface area contributed by atoms with Crippen molar-refractivity contribution in [2.24, 2.45) is 11.8 Å². The van der Waals surface area contributed by atoms with Gasteiger partial charge in [-0.1, -0.05) is 13.8 Å². The molecule has 5 nitrogen and oxygen atoms in total. The second-order valence-corrected chi connectivity index (χ2v) is 8.92. The average Bonchev–Trinajstić information content (AvgIpc) is 2.65. The lowest BCUT2D eigenvalue weighted by atomic mass is 9.94. The van der Waals surface area contributed by atoms with Crippen molar-refractivity contribution in [2.75, 3.05) is 6.54 Å². The number of aryl methyl sites for hydroxylation is 2. The number of nitrogens with one attached hydrogen (secondary N) is 1. The number of carboxylic acid groups (broad SMARTS) is 1. The van der Waals surface area contributed by atoms with Gasteiger partial charge in [-0.05, 0) is 38.2 Å². The van der Waals surface area contributed by atoms with Crippen LogP contribution in [0.3, 0.4) is 0 Å². The Kier molecular flexibility index (Phi) is 6.37. The van der Waals surface area contributed by atoms with Gasteiger partial charge in [-0.25, -0.2) is 13.1 Å². The molecule has 0 spiro atoms. The molecular weight excluding hydrogens is 310 g/mol. The second-order valence-electron chi connectivity index (χ2n) is 5.72. The Morgan fingerprint density at radius 3 is 2.43 bits per heavy atom. The molecule has 0 bridgehead atoms. The van der Waals surface area contributed by atoms with E-state index in [1.807, 2.05) is 20.8 Å². The van der Waals surface area contributed by atoms with Crippen molar-refractivity contribution >= 4 is 27.3 Å². The van der Waals surface area contributed by atoms with Gasteiger partial charge in [0, 0.05) is 22.7 Å². The molecule has 0 aliphatic carbocycles. The molecule has 1 aromatic heterocycles. The molecule has 0 saturated heterocycles. The number of sulfonamides is 1. The monoisotopic (exact) mass is 333 g/mol. The first-order valence-electron chi connectivity index (χ1n) is 6.90. The third-order valence-electron chi connectivity index (χ3n) is 3.12. The minimum atomic E-state index is -3.57. The summed E-state index contributed by atoms with van der Waals surface area (Å²) < 4.78 is 27.1. The van der Waals surface area contributed by atoms with Crippen LogP contribution in [0.15, 0.2) is 11.0 Å². The molecule has 0 aliphatic heterocycles. The zero-order valence-corrected chi connectivity index (χ0v) is 14.5. The summed E-state index contributed by atoms with van der Waals surface area (Å²) in [5.74, 6) is -0.774. The van der Waals surface area contributed by atoms with Gasteiger partial charge in [0.05, 0.1) is 4.90 Å². The van der Waals surface area contributed by atoms with Crippen molar-refractivity contribution in [2.45, 2.75) is 45.4 Å². The number of carboxylic acids is 1. The van der Waals surface area contributed by atoms with E-state index in [1.54, 1.807) is 13.0 Å². The van der Waals surface area contributed by atoms with E-state index in [4.69, 9.17) is 5.11 Å². The minimum Gasteiger partial charge on any atom is -0.481 e. The molecule has 0 aliphatic rings. The Labute approximate surface area is 130 Å². The fourth-order valence-electron chi connectivity index (χ4n) is 2.33. The average molecular weight is 333 g/mol. The van der Waals surface area contributed by atoms with Crippen molar-refractivity contribution in [3.05, 3.63) is 15.8 Å². The molecule has 0 amide bonds. The van der Waals surface area contributed by atoms with E-state index >= 15 is 0 Å². The molecule has 2 N–H and O–H groups in total. The normalized spacial score (nSPS) is 13.6. The Hall–Kier alpha value is -0.920. The summed E-state index contributed by atoms with van der Waals surface area (Å²) in [4.78, 5) is 12.9. The highest BCUT2D eigenvalue weighted by Crippen LogP contribution is 2.25. The van der Waals surface area contributed by atoms with Crippen LogP contribution in [-0.2, 0) is 14.8 Å². The molecule has 0 saturated carbocycles. The minimum absolute atomic E-state index is 0.0254. The highest BCUT2D eigenvalue weighted by molar-refractivity contribution is 7.89. The summed E-state index contributed by atoms with van der Waals surface area (Å²) in [7, 11) is -3.57. The summed E-state index contributed by atoms with van der Waals surface area (Å²) in [6.45, 7) is 7.78. The van der Waals surface area contributed by atoms with Gasteiger partial charge in [-0.15, -0.1) is 11.3 Å². The highest BCUT2D eigenvalue weighted by Gasteiger charge is 2.22. The van der Waals surface area contributed by atoms with Crippen LogP contribution in [0.1, 0.15) is 36.4 Å². The SMILES string of the molecule is Cc1cc(S(=O)(=O)NC[C@H](CC(=O)O)CC(C)C)c(C)s1. The summed E-state index contributed by atoms with van der Waals surface area (Å²) in [5, 5.41) is 8.92. The number of hydrogen-bond acceptors (Lipinski definition) is 4. The summed E-state index contributed by atoms with van der Waals surface area (Å²) in [6, 6.07) is 1.65.